The van der Waals surface area contributed by atoms with Crippen molar-refractivity contribution in [3.63, 3.8) is 0 Å². The van der Waals surface area contributed by atoms with Gasteiger partial charge in [0.2, 0.25) is 5.95 Å². The normalized spacial score (nSPS) is 14.0. The second-order valence-corrected chi connectivity index (χ2v) is 15.0. The third-order valence-corrected chi connectivity index (χ3v) is 12.5. The first-order valence-corrected chi connectivity index (χ1v) is 18.5. The summed E-state index contributed by atoms with van der Waals surface area (Å²) in [5, 5.41) is 10.5. The Hall–Kier alpha value is -6.35. The number of hydrogen-bond donors (Lipinski definition) is 0. The number of fused-ring (bicyclic) bond motifs is 12. The van der Waals surface area contributed by atoms with Gasteiger partial charge in [-0.2, -0.15) is 0 Å². The van der Waals surface area contributed by atoms with Gasteiger partial charge in [-0.05, 0) is 51.4 Å². The van der Waals surface area contributed by atoms with E-state index in [1.807, 2.05) is 12.1 Å². The van der Waals surface area contributed by atoms with Crippen LogP contribution in [-0.4, -0.2) is 9.97 Å². The van der Waals surface area contributed by atoms with Crippen LogP contribution in [0.25, 0.3) is 76.8 Å². The Morgan fingerprint density at radius 2 is 1.16 bits per heavy atom. The molecule has 51 heavy (non-hydrogen) atoms. The van der Waals surface area contributed by atoms with Gasteiger partial charge < -0.3 is 4.42 Å². The molecule has 1 atom stereocenters. The SMILES string of the molecule is c1ccc(-c2nc(N3c4c(c5ccccc5c5c4oc4ccccc45)-c4cc5ccccc5cc4P3c3ccccc3)nc3ccccc23)cc1. The second-order valence-electron chi connectivity index (χ2n) is 13.0. The van der Waals surface area contributed by atoms with E-state index in [9.17, 15) is 0 Å². The predicted molar refractivity (Wildman–Crippen MR) is 214 cm³/mol. The van der Waals surface area contributed by atoms with E-state index in [0.29, 0.717) is 5.95 Å². The molecule has 5 heteroatoms. The fraction of sp³-hybridized carbons (Fsp3) is 0. The first kappa shape index (κ1) is 28.5. The van der Waals surface area contributed by atoms with Crippen molar-refractivity contribution in [2.75, 3.05) is 4.67 Å². The summed E-state index contributed by atoms with van der Waals surface area (Å²) in [7, 11) is -1.23. The molecule has 0 aliphatic carbocycles. The molecular formula is C46H28N3OP. The van der Waals surface area contributed by atoms with Crippen LogP contribution < -0.4 is 15.3 Å². The molecule has 1 aliphatic rings. The Morgan fingerprint density at radius 1 is 0.529 bits per heavy atom. The van der Waals surface area contributed by atoms with Gasteiger partial charge in [0, 0.05) is 37.9 Å². The van der Waals surface area contributed by atoms with Crippen molar-refractivity contribution >= 4 is 84.7 Å². The average molecular weight is 670 g/mol. The summed E-state index contributed by atoms with van der Waals surface area (Å²) in [5.41, 5.74) is 7.95. The van der Waals surface area contributed by atoms with Crippen LogP contribution in [0.15, 0.2) is 174 Å². The zero-order valence-corrected chi connectivity index (χ0v) is 28.3. The van der Waals surface area contributed by atoms with Gasteiger partial charge in [-0.1, -0.05) is 146 Å². The van der Waals surface area contributed by atoms with Gasteiger partial charge in [0.05, 0.1) is 19.3 Å². The number of hydrogen-bond acceptors (Lipinski definition) is 4. The van der Waals surface area contributed by atoms with Crippen LogP contribution in [0.2, 0.25) is 0 Å². The molecule has 11 rings (SSSR count). The molecule has 4 nitrogen and oxygen atoms in total. The van der Waals surface area contributed by atoms with E-state index in [1.54, 1.807) is 0 Å². The summed E-state index contributed by atoms with van der Waals surface area (Å²) in [4.78, 5) is 11.0. The molecular weight excluding hydrogens is 642 g/mol. The molecule has 2 aromatic heterocycles. The summed E-state index contributed by atoms with van der Waals surface area (Å²) < 4.78 is 9.44. The molecule has 0 fully saturated rings. The van der Waals surface area contributed by atoms with Crippen molar-refractivity contribution in [1.82, 2.24) is 9.97 Å². The van der Waals surface area contributed by atoms with Gasteiger partial charge in [-0.3, -0.25) is 4.67 Å². The third kappa shape index (κ3) is 4.24. The molecule has 3 heterocycles. The molecule has 1 aliphatic heterocycles. The minimum atomic E-state index is -1.23. The molecule has 0 N–H and O–H groups in total. The van der Waals surface area contributed by atoms with Gasteiger partial charge in [0.1, 0.15) is 11.3 Å². The molecule has 0 spiro atoms. The summed E-state index contributed by atoms with van der Waals surface area (Å²) >= 11 is 0. The van der Waals surface area contributed by atoms with Crippen LogP contribution in [0.1, 0.15) is 0 Å². The summed E-state index contributed by atoms with van der Waals surface area (Å²) in [5.74, 6) is 0.652. The highest BCUT2D eigenvalue weighted by atomic mass is 31.1. The maximum absolute atomic E-state index is 7.01. The van der Waals surface area contributed by atoms with Crippen LogP contribution in [0.4, 0.5) is 11.6 Å². The lowest BCUT2D eigenvalue weighted by molar-refractivity contribution is 0.669. The topological polar surface area (TPSA) is 42.2 Å². The van der Waals surface area contributed by atoms with E-state index < -0.39 is 8.07 Å². The standard InChI is InChI=1S/C46H28N3OP/c1-3-15-29(16-4-1)43-35-23-11-13-25-38(35)47-46(48-43)49-44-41(33-21-9-10-22-34(33)42-36-24-12-14-26-39(36)50-45(42)44)37-27-30-17-7-8-18-31(30)28-40(37)51(49)32-19-5-2-6-20-32/h1-28H. The lowest BCUT2D eigenvalue weighted by Gasteiger charge is -2.39. The van der Waals surface area contributed by atoms with Gasteiger partial charge in [-0.25, -0.2) is 9.97 Å². The van der Waals surface area contributed by atoms with Gasteiger partial charge >= 0.3 is 0 Å². The Kier molecular flexibility index (Phi) is 6.19. The molecule has 1 unspecified atom stereocenters. The third-order valence-electron chi connectivity index (χ3n) is 10.1. The monoisotopic (exact) mass is 669 g/mol. The Bertz CT molecular complexity index is 2990. The predicted octanol–water partition coefficient (Wildman–Crippen LogP) is 11.7. The number of benzene rings is 8. The zero-order chi connectivity index (χ0) is 33.5. The second kappa shape index (κ2) is 11.1. The maximum Gasteiger partial charge on any atom is 0.235 e. The highest BCUT2D eigenvalue weighted by Gasteiger charge is 2.39. The number of furan rings is 1. The number of para-hydroxylation sites is 2. The van der Waals surface area contributed by atoms with Crippen molar-refractivity contribution in [1.29, 1.82) is 0 Å². The Morgan fingerprint density at radius 3 is 1.96 bits per heavy atom. The van der Waals surface area contributed by atoms with Crippen molar-refractivity contribution < 1.29 is 4.42 Å². The molecule has 8 aromatic carbocycles. The van der Waals surface area contributed by atoms with Gasteiger partial charge in [0.15, 0.2) is 5.58 Å². The van der Waals surface area contributed by atoms with E-state index in [2.05, 4.69) is 162 Å². The molecule has 0 radical (unpaired) electrons. The van der Waals surface area contributed by atoms with Crippen molar-refractivity contribution in [2.24, 2.45) is 0 Å². The van der Waals surface area contributed by atoms with E-state index in [-0.39, 0.29) is 0 Å². The number of rotatable bonds is 3. The quantitative estimate of drug-likeness (QED) is 0.176. The van der Waals surface area contributed by atoms with E-state index in [0.717, 1.165) is 55.3 Å². The van der Waals surface area contributed by atoms with Crippen LogP contribution in [0.3, 0.4) is 0 Å². The minimum absolute atomic E-state index is 0.652. The Labute approximate surface area is 295 Å². The zero-order valence-electron chi connectivity index (χ0n) is 27.4. The average Bonchev–Trinajstić information content (AvgIpc) is 3.60. The highest BCUT2D eigenvalue weighted by Crippen LogP contribution is 2.60. The van der Waals surface area contributed by atoms with Crippen molar-refractivity contribution in [3.8, 4) is 22.4 Å². The van der Waals surface area contributed by atoms with E-state index in [1.165, 1.54) is 37.7 Å². The van der Waals surface area contributed by atoms with Crippen LogP contribution in [0.5, 0.6) is 0 Å². The molecule has 0 saturated carbocycles. The van der Waals surface area contributed by atoms with Crippen molar-refractivity contribution in [3.05, 3.63) is 170 Å². The smallest absolute Gasteiger partial charge is 0.235 e. The number of nitrogens with zero attached hydrogens (tertiary/aromatic N) is 3. The lowest BCUT2D eigenvalue weighted by Crippen LogP contribution is -2.31. The summed E-state index contributed by atoms with van der Waals surface area (Å²) in [6.45, 7) is 0. The maximum atomic E-state index is 7.01. The largest absolute Gasteiger partial charge is 0.454 e. The first-order valence-electron chi connectivity index (χ1n) is 17.2. The van der Waals surface area contributed by atoms with E-state index in [4.69, 9.17) is 14.4 Å². The Balaban J connectivity index is 1.36. The van der Waals surface area contributed by atoms with E-state index >= 15 is 0 Å². The molecule has 10 aromatic rings. The first-order chi connectivity index (χ1) is 25.3. The van der Waals surface area contributed by atoms with Crippen molar-refractivity contribution in [2.45, 2.75) is 0 Å². The molecule has 0 amide bonds. The summed E-state index contributed by atoms with van der Waals surface area (Å²) in [6, 6.07) is 60.3. The number of aromatic nitrogens is 2. The fourth-order valence-electron chi connectivity index (χ4n) is 7.91. The molecule has 238 valence electrons. The van der Waals surface area contributed by atoms with Crippen LogP contribution in [0, 0.1) is 0 Å². The lowest BCUT2D eigenvalue weighted by atomic mass is 9.91. The fourth-order valence-corrected chi connectivity index (χ4v) is 10.4. The van der Waals surface area contributed by atoms with Gasteiger partial charge in [0.25, 0.3) is 0 Å². The molecule has 0 bridgehead atoms. The molecule has 0 saturated heterocycles. The number of anilines is 2. The van der Waals surface area contributed by atoms with Crippen LogP contribution >= 0.6 is 8.07 Å². The van der Waals surface area contributed by atoms with Crippen LogP contribution in [-0.2, 0) is 0 Å². The minimum Gasteiger partial charge on any atom is -0.454 e. The summed E-state index contributed by atoms with van der Waals surface area (Å²) in [6.07, 6.45) is 0. The highest BCUT2D eigenvalue weighted by molar-refractivity contribution is 7.75. The van der Waals surface area contributed by atoms with Gasteiger partial charge in [-0.15, -0.1) is 0 Å².